The quantitative estimate of drug-likeness (QED) is 0.480. The van der Waals surface area contributed by atoms with E-state index >= 15 is 0 Å². The van der Waals surface area contributed by atoms with Gasteiger partial charge in [0.05, 0.1) is 6.54 Å². The number of aromatic nitrogens is 2. The summed E-state index contributed by atoms with van der Waals surface area (Å²) >= 11 is 0. The minimum atomic E-state index is 0.384. The van der Waals surface area contributed by atoms with Crippen molar-refractivity contribution in [3.63, 3.8) is 0 Å². The fraction of sp³-hybridized carbons (Fsp3) is 0.429. The summed E-state index contributed by atoms with van der Waals surface area (Å²) < 4.78 is 1.71. The van der Waals surface area contributed by atoms with Crippen molar-refractivity contribution in [1.82, 2.24) is 9.55 Å². The molecule has 0 aliphatic carbocycles. The Labute approximate surface area is 65.6 Å². The van der Waals surface area contributed by atoms with Gasteiger partial charge in [-0.2, -0.15) is 0 Å². The third-order valence-corrected chi connectivity index (χ3v) is 1.53. The van der Waals surface area contributed by atoms with Crippen LogP contribution in [0.5, 0.6) is 0 Å². The zero-order valence-corrected chi connectivity index (χ0v) is 6.54. The molecule has 4 nitrogen and oxygen atoms in total. The Morgan fingerprint density at radius 1 is 1.82 bits per heavy atom. The summed E-state index contributed by atoms with van der Waals surface area (Å²) in [5.41, 5.74) is 5.41. The van der Waals surface area contributed by atoms with Crippen molar-refractivity contribution in [3.05, 3.63) is 18.2 Å². The van der Waals surface area contributed by atoms with Crippen molar-refractivity contribution in [1.29, 1.82) is 5.41 Å². The Balaban J connectivity index is 2.92. The maximum Gasteiger partial charge on any atom is 0.127 e. The molecule has 0 aliphatic heterocycles. The van der Waals surface area contributed by atoms with Gasteiger partial charge in [-0.3, -0.25) is 9.98 Å². The number of nitrogens with zero attached hydrogens (tertiary/aromatic N) is 2. The molecule has 0 atom stereocenters. The monoisotopic (exact) mass is 152 g/mol. The molecule has 0 aliphatic rings. The van der Waals surface area contributed by atoms with Gasteiger partial charge in [0.1, 0.15) is 11.7 Å². The fourth-order valence-electron chi connectivity index (χ4n) is 0.901. The number of nitrogens with two attached hydrogens (primary N) is 1. The standard InChI is InChI=1S/C7H12N4/c1-2-6(9)11-4-3-10-7(11)5-8/h3-4,9H,2,5,8H2,1H3. The molecular weight excluding hydrogens is 140 g/mol. The van der Waals surface area contributed by atoms with Crippen molar-refractivity contribution in [2.75, 3.05) is 0 Å². The molecule has 1 rings (SSSR count). The predicted molar refractivity (Wildman–Crippen MR) is 43.5 cm³/mol. The number of hydrogen-bond donors (Lipinski definition) is 2. The van der Waals surface area contributed by atoms with Crippen LogP contribution in [-0.2, 0) is 6.54 Å². The summed E-state index contributed by atoms with van der Waals surface area (Å²) in [5.74, 6) is 1.28. The van der Waals surface area contributed by atoms with Gasteiger partial charge >= 0.3 is 0 Å². The molecule has 1 aromatic heterocycles. The number of imidazole rings is 1. The third-order valence-electron chi connectivity index (χ3n) is 1.53. The number of nitrogens with one attached hydrogen (secondary N) is 1. The van der Waals surface area contributed by atoms with Gasteiger partial charge in [-0.1, -0.05) is 6.92 Å². The minimum Gasteiger partial charge on any atom is -0.324 e. The van der Waals surface area contributed by atoms with E-state index in [1.807, 2.05) is 6.92 Å². The molecule has 0 radical (unpaired) electrons. The van der Waals surface area contributed by atoms with E-state index < -0.39 is 0 Å². The Kier molecular flexibility index (Phi) is 2.38. The molecule has 11 heavy (non-hydrogen) atoms. The zero-order valence-electron chi connectivity index (χ0n) is 6.54. The minimum absolute atomic E-state index is 0.384. The van der Waals surface area contributed by atoms with Gasteiger partial charge in [0.25, 0.3) is 0 Å². The molecule has 0 unspecified atom stereocenters. The zero-order chi connectivity index (χ0) is 8.27. The van der Waals surface area contributed by atoms with E-state index in [0.29, 0.717) is 18.8 Å². The molecule has 1 aromatic rings. The lowest BCUT2D eigenvalue weighted by Gasteiger charge is -2.04. The third kappa shape index (κ3) is 1.46. The van der Waals surface area contributed by atoms with Crippen LogP contribution < -0.4 is 5.73 Å². The molecule has 0 bridgehead atoms. The van der Waals surface area contributed by atoms with Crippen molar-refractivity contribution >= 4 is 5.84 Å². The summed E-state index contributed by atoms with van der Waals surface area (Å²) in [6.07, 6.45) is 4.11. The normalized spacial score (nSPS) is 10.0. The second kappa shape index (κ2) is 3.30. The van der Waals surface area contributed by atoms with Crippen LogP contribution in [0.15, 0.2) is 12.4 Å². The number of hydrogen-bond acceptors (Lipinski definition) is 3. The summed E-state index contributed by atoms with van der Waals surface area (Å²) in [7, 11) is 0. The molecule has 60 valence electrons. The molecule has 4 heteroatoms. The van der Waals surface area contributed by atoms with Crippen LogP contribution in [0.2, 0.25) is 0 Å². The second-order valence-corrected chi connectivity index (χ2v) is 2.22. The van der Waals surface area contributed by atoms with Gasteiger partial charge in [-0.05, 0) is 0 Å². The van der Waals surface area contributed by atoms with Crippen LogP contribution in [0.25, 0.3) is 0 Å². The van der Waals surface area contributed by atoms with Gasteiger partial charge in [-0.15, -0.1) is 0 Å². The van der Waals surface area contributed by atoms with Crippen molar-refractivity contribution < 1.29 is 0 Å². The molecule has 3 N–H and O–H groups in total. The lowest BCUT2D eigenvalue weighted by Crippen LogP contribution is -2.14. The molecule has 0 saturated carbocycles. The second-order valence-electron chi connectivity index (χ2n) is 2.22. The van der Waals surface area contributed by atoms with Gasteiger partial charge in [0, 0.05) is 18.8 Å². The van der Waals surface area contributed by atoms with Crippen LogP contribution in [0.1, 0.15) is 19.2 Å². The highest BCUT2D eigenvalue weighted by Gasteiger charge is 2.02. The first kappa shape index (κ1) is 7.94. The molecule has 0 amide bonds. The largest absolute Gasteiger partial charge is 0.324 e. The first-order valence-corrected chi connectivity index (χ1v) is 3.59. The summed E-state index contributed by atoms with van der Waals surface area (Å²) in [5, 5.41) is 7.51. The Hall–Kier alpha value is -1.16. The lowest BCUT2D eigenvalue weighted by molar-refractivity contribution is 0.875. The molecule has 1 heterocycles. The van der Waals surface area contributed by atoms with Gasteiger partial charge < -0.3 is 5.73 Å². The van der Waals surface area contributed by atoms with E-state index in [-0.39, 0.29) is 0 Å². The van der Waals surface area contributed by atoms with E-state index in [1.165, 1.54) is 0 Å². The van der Waals surface area contributed by atoms with E-state index in [0.717, 1.165) is 5.82 Å². The topological polar surface area (TPSA) is 67.7 Å². The highest BCUT2D eigenvalue weighted by atomic mass is 15.1. The van der Waals surface area contributed by atoms with Gasteiger partial charge in [0.2, 0.25) is 0 Å². The first-order chi connectivity index (χ1) is 5.29. The fourth-order valence-corrected chi connectivity index (χ4v) is 0.901. The highest BCUT2D eigenvalue weighted by Crippen LogP contribution is 1.97. The Bertz CT molecular complexity index is 251. The van der Waals surface area contributed by atoms with E-state index in [1.54, 1.807) is 17.0 Å². The maximum absolute atomic E-state index is 7.51. The van der Waals surface area contributed by atoms with Crippen LogP contribution >= 0.6 is 0 Å². The molecule has 0 fully saturated rings. The van der Waals surface area contributed by atoms with Crippen LogP contribution in [0.3, 0.4) is 0 Å². The average Bonchev–Trinajstić information content (AvgIpc) is 2.50. The highest BCUT2D eigenvalue weighted by molar-refractivity contribution is 5.81. The van der Waals surface area contributed by atoms with Crippen LogP contribution in [0, 0.1) is 5.41 Å². The number of rotatable bonds is 2. The van der Waals surface area contributed by atoms with Crippen LogP contribution in [-0.4, -0.2) is 15.4 Å². The Morgan fingerprint density at radius 3 is 3.09 bits per heavy atom. The van der Waals surface area contributed by atoms with Crippen molar-refractivity contribution in [3.8, 4) is 0 Å². The Morgan fingerprint density at radius 2 is 2.55 bits per heavy atom. The van der Waals surface area contributed by atoms with E-state index in [4.69, 9.17) is 11.1 Å². The average molecular weight is 152 g/mol. The predicted octanol–water partition coefficient (Wildman–Crippen LogP) is 0.577. The molecule has 0 saturated heterocycles. The first-order valence-electron chi connectivity index (χ1n) is 3.59. The summed E-state index contributed by atoms with van der Waals surface area (Å²) in [6.45, 7) is 2.32. The smallest absolute Gasteiger partial charge is 0.127 e. The maximum atomic E-state index is 7.51. The van der Waals surface area contributed by atoms with E-state index in [9.17, 15) is 0 Å². The molecule has 0 spiro atoms. The lowest BCUT2D eigenvalue weighted by atomic mass is 10.4. The SMILES string of the molecule is CCC(=N)n1ccnc1CN. The summed E-state index contributed by atoms with van der Waals surface area (Å²) in [4.78, 5) is 4.00. The van der Waals surface area contributed by atoms with Gasteiger partial charge in [-0.25, -0.2) is 4.98 Å². The summed E-state index contributed by atoms with van der Waals surface area (Å²) in [6, 6.07) is 0. The molecule has 0 aromatic carbocycles. The molecular formula is C7H12N4. The van der Waals surface area contributed by atoms with Crippen LogP contribution in [0.4, 0.5) is 0 Å². The van der Waals surface area contributed by atoms with Gasteiger partial charge in [0.15, 0.2) is 0 Å². The van der Waals surface area contributed by atoms with Crippen molar-refractivity contribution in [2.24, 2.45) is 5.73 Å². The van der Waals surface area contributed by atoms with E-state index in [2.05, 4.69) is 4.98 Å². The van der Waals surface area contributed by atoms with Crippen molar-refractivity contribution in [2.45, 2.75) is 19.9 Å².